The molecule has 0 saturated carbocycles. The van der Waals surface area contributed by atoms with Gasteiger partial charge in [0.25, 0.3) is 5.69 Å². The molecule has 1 N–H and O–H groups in total. The van der Waals surface area contributed by atoms with E-state index in [1.807, 2.05) is 32.0 Å². The van der Waals surface area contributed by atoms with Crippen LogP contribution in [0, 0.1) is 28.4 Å². The second kappa shape index (κ2) is 10.3. The Kier molecular flexibility index (Phi) is 6.99. The summed E-state index contributed by atoms with van der Waals surface area (Å²) in [5.41, 5.74) is 4.45. The lowest BCUT2D eigenvalue weighted by atomic mass is 10.1. The largest absolute Gasteiger partial charge is 0.490 e. The van der Waals surface area contributed by atoms with E-state index in [0.29, 0.717) is 40.1 Å². The van der Waals surface area contributed by atoms with E-state index in [1.165, 1.54) is 12.1 Å². The number of hydrogen-bond acceptors (Lipinski definition) is 6. The van der Waals surface area contributed by atoms with E-state index in [-0.39, 0.29) is 12.3 Å². The van der Waals surface area contributed by atoms with E-state index < -0.39 is 4.92 Å². The monoisotopic (exact) mass is 488 g/mol. The van der Waals surface area contributed by atoms with Crippen molar-refractivity contribution >= 4 is 40.0 Å². The maximum Gasteiger partial charge on any atom is 0.269 e. The topological polar surface area (TPSA) is 114 Å². The highest BCUT2D eigenvalue weighted by Gasteiger charge is 2.15. The number of halogens is 1. The summed E-state index contributed by atoms with van der Waals surface area (Å²) in [6, 6.07) is 17.5. The molecule has 4 rings (SSSR count). The van der Waals surface area contributed by atoms with Crippen LogP contribution in [-0.2, 0) is 6.61 Å². The molecule has 1 aromatic heterocycles. The second-order valence-electron chi connectivity index (χ2n) is 7.75. The molecule has 0 bridgehead atoms. The normalized spacial score (nSPS) is 11.3. The average Bonchev–Trinajstić information content (AvgIpc) is 3.25. The number of nitrogens with one attached hydrogen (secondary N) is 1. The number of rotatable bonds is 8. The van der Waals surface area contributed by atoms with Crippen LogP contribution in [0.4, 0.5) is 5.69 Å². The van der Waals surface area contributed by atoms with E-state index >= 15 is 0 Å². The molecule has 0 aliphatic rings. The first kappa shape index (κ1) is 23.8. The Balaban J connectivity index is 1.62. The number of nitriles is 1. The molecule has 8 nitrogen and oxygen atoms in total. The van der Waals surface area contributed by atoms with Gasteiger partial charge in [0.15, 0.2) is 11.5 Å². The maximum atomic E-state index is 10.8. The molecule has 0 amide bonds. The highest BCUT2D eigenvalue weighted by molar-refractivity contribution is 6.32. The number of benzene rings is 3. The van der Waals surface area contributed by atoms with Crippen LogP contribution in [0.2, 0.25) is 5.02 Å². The molecule has 0 atom stereocenters. The average molecular weight is 489 g/mol. The summed E-state index contributed by atoms with van der Waals surface area (Å²) in [5.74, 6) is 1.23. The molecule has 0 saturated heterocycles. The number of aromatic amines is 1. The fourth-order valence-electron chi connectivity index (χ4n) is 3.51. The number of non-ortho nitro benzene ring substituents is 1. The minimum atomic E-state index is -0.456. The van der Waals surface area contributed by atoms with Gasteiger partial charge >= 0.3 is 0 Å². The summed E-state index contributed by atoms with van der Waals surface area (Å²) in [5, 5.41) is 20.9. The molecule has 0 spiro atoms. The Hall–Kier alpha value is -4.35. The Labute approximate surface area is 206 Å². The number of H-pyrrole nitrogens is 1. The number of fused-ring (bicyclic) bond motifs is 1. The number of imidazole rings is 1. The van der Waals surface area contributed by atoms with Gasteiger partial charge in [-0.05, 0) is 73.0 Å². The van der Waals surface area contributed by atoms with Gasteiger partial charge in [0.1, 0.15) is 18.5 Å². The number of aromatic nitrogens is 2. The molecule has 176 valence electrons. The molecular weight excluding hydrogens is 468 g/mol. The molecule has 35 heavy (non-hydrogen) atoms. The molecule has 0 aliphatic heterocycles. The molecular formula is C26H21ClN4O4. The summed E-state index contributed by atoms with van der Waals surface area (Å²) in [7, 11) is 0. The van der Waals surface area contributed by atoms with Crippen molar-refractivity contribution in [2.75, 3.05) is 6.61 Å². The fourth-order valence-corrected chi connectivity index (χ4v) is 3.79. The lowest BCUT2D eigenvalue weighted by Gasteiger charge is -2.14. The van der Waals surface area contributed by atoms with Crippen molar-refractivity contribution in [1.82, 2.24) is 9.97 Å². The molecule has 0 aliphatic carbocycles. The molecule has 0 fully saturated rings. The third kappa shape index (κ3) is 5.42. The SMILES string of the molecule is CCOc1cc(/C=C(/C#N)c2nc3ccc(C)cc3[nH]2)cc(Cl)c1OCc1ccc([N+](=O)[O-])cc1. The van der Waals surface area contributed by atoms with Gasteiger partial charge in [-0.25, -0.2) is 4.98 Å². The zero-order valence-electron chi connectivity index (χ0n) is 19.0. The minimum Gasteiger partial charge on any atom is -0.490 e. The van der Waals surface area contributed by atoms with Crippen LogP contribution in [0.3, 0.4) is 0 Å². The first-order chi connectivity index (χ1) is 16.9. The number of aryl methyl sites for hydroxylation is 1. The van der Waals surface area contributed by atoms with E-state index in [2.05, 4.69) is 16.0 Å². The summed E-state index contributed by atoms with van der Waals surface area (Å²) >= 11 is 6.53. The van der Waals surface area contributed by atoms with E-state index in [9.17, 15) is 15.4 Å². The first-order valence-electron chi connectivity index (χ1n) is 10.8. The van der Waals surface area contributed by atoms with Crippen LogP contribution in [0.25, 0.3) is 22.7 Å². The number of hydrogen-bond donors (Lipinski definition) is 1. The van der Waals surface area contributed by atoms with Gasteiger partial charge in [-0.15, -0.1) is 0 Å². The van der Waals surface area contributed by atoms with E-state index in [0.717, 1.165) is 22.2 Å². The maximum absolute atomic E-state index is 10.8. The molecule has 0 radical (unpaired) electrons. The highest BCUT2D eigenvalue weighted by atomic mass is 35.5. The van der Waals surface area contributed by atoms with Crippen LogP contribution < -0.4 is 9.47 Å². The van der Waals surface area contributed by atoms with Gasteiger partial charge in [-0.2, -0.15) is 5.26 Å². The van der Waals surface area contributed by atoms with Crippen LogP contribution in [0.15, 0.2) is 54.6 Å². The Bertz CT molecular complexity index is 1470. The van der Waals surface area contributed by atoms with Crippen molar-refractivity contribution in [3.8, 4) is 17.6 Å². The van der Waals surface area contributed by atoms with Gasteiger partial charge < -0.3 is 14.5 Å². The van der Waals surface area contributed by atoms with Crippen LogP contribution in [-0.4, -0.2) is 21.5 Å². The number of ether oxygens (including phenoxy) is 2. The number of nitro benzene ring substituents is 1. The Morgan fingerprint density at radius 3 is 2.66 bits per heavy atom. The predicted octanol–water partition coefficient (Wildman–Crippen LogP) is 6.47. The number of nitrogens with zero attached hydrogens (tertiary/aromatic N) is 3. The van der Waals surface area contributed by atoms with Gasteiger partial charge in [-0.1, -0.05) is 17.7 Å². The lowest BCUT2D eigenvalue weighted by Crippen LogP contribution is -2.01. The summed E-state index contributed by atoms with van der Waals surface area (Å²) in [4.78, 5) is 18.1. The third-order valence-electron chi connectivity index (χ3n) is 5.19. The quantitative estimate of drug-likeness (QED) is 0.172. The standard InChI is InChI=1S/C26H21ClN4O4/c1-3-34-24-13-18(11-19(14-28)26-29-22-9-4-16(2)10-23(22)30-26)12-21(27)25(24)35-15-17-5-7-20(8-6-17)31(32)33/h4-13H,3,15H2,1-2H3,(H,29,30)/b19-11-. The van der Waals surface area contributed by atoms with Crippen LogP contribution in [0.1, 0.15) is 29.4 Å². The summed E-state index contributed by atoms with van der Waals surface area (Å²) in [6.45, 7) is 4.36. The highest BCUT2D eigenvalue weighted by Crippen LogP contribution is 2.38. The third-order valence-corrected chi connectivity index (χ3v) is 5.47. The lowest BCUT2D eigenvalue weighted by molar-refractivity contribution is -0.384. The zero-order chi connectivity index (χ0) is 24.9. The minimum absolute atomic E-state index is 0.00538. The summed E-state index contributed by atoms with van der Waals surface area (Å²) < 4.78 is 11.6. The van der Waals surface area contributed by atoms with Crippen molar-refractivity contribution in [3.63, 3.8) is 0 Å². The van der Waals surface area contributed by atoms with E-state index in [4.69, 9.17) is 21.1 Å². The Morgan fingerprint density at radius 2 is 1.97 bits per heavy atom. The number of allylic oxidation sites excluding steroid dienone is 1. The van der Waals surface area contributed by atoms with Crippen molar-refractivity contribution in [3.05, 3.63) is 92.2 Å². The number of nitro groups is 1. The molecule has 1 heterocycles. The van der Waals surface area contributed by atoms with Crippen molar-refractivity contribution in [1.29, 1.82) is 5.26 Å². The smallest absolute Gasteiger partial charge is 0.269 e. The molecule has 9 heteroatoms. The first-order valence-corrected chi connectivity index (χ1v) is 11.2. The van der Waals surface area contributed by atoms with Gasteiger partial charge in [0.2, 0.25) is 0 Å². The van der Waals surface area contributed by atoms with Crippen molar-refractivity contribution in [2.45, 2.75) is 20.5 Å². The second-order valence-corrected chi connectivity index (χ2v) is 8.16. The van der Waals surface area contributed by atoms with Gasteiger partial charge in [-0.3, -0.25) is 10.1 Å². The van der Waals surface area contributed by atoms with Gasteiger partial charge in [0.05, 0.1) is 33.2 Å². The molecule has 3 aromatic carbocycles. The van der Waals surface area contributed by atoms with Gasteiger partial charge in [0, 0.05) is 12.1 Å². The van der Waals surface area contributed by atoms with Crippen molar-refractivity contribution < 1.29 is 14.4 Å². The van der Waals surface area contributed by atoms with Crippen LogP contribution >= 0.6 is 11.6 Å². The van der Waals surface area contributed by atoms with E-state index in [1.54, 1.807) is 30.3 Å². The van der Waals surface area contributed by atoms with Crippen molar-refractivity contribution in [2.24, 2.45) is 0 Å². The van der Waals surface area contributed by atoms with Crippen LogP contribution in [0.5, 0.6) is 11.5 Å². The molecule has 0 unspecified atom stereocenters. The predicted molar refractivity (Wildman–Crippen MR) is 134 cm³/mol. The Morgan fingerprint density at radius 1 is 1.20 bits per heavy atom. The summed E-state index contributed by atoms with van der Waals surface area (Å²) in [6.07, 6.45) is 1.68. The zero-order valence-corrected chi connectivity index (χ0v) is 19.8. The molecule has 4 aromatic rings. The fraction of sp³-hybridized carbons (Fsp3) is 0.154.